The van der Waals surface area contributed by atoms with Gasteiger partial charge in [-0.15, -0.1) is 0 Å². The smallest absolute Gasteiger partial charge is 0.133 e. The van der Waals surface area contributed by atoms with Crippen molar-refractivity contribution in [3.05, 3.63) is 35.9 Å². The number of benzene rings is 1. The fourth-order valence-corrected chi connectivity index (χ4v) is 1.54. The van der Waals surface area contributed by atoms with Crippen LogP contribution in [0.3, 0.4) is 0 Å². The Kier molecular flexibility index (Phi) is 5.79. The number of methoxy groups -OCH3 is 1. The highest BCUT2D eigenvalue weighted by Crippen LogP contribution is 2.07. The minimum atomic E-state index is 0.181. The van der Waals surface area contributed by atoms with Crippen molar-refractivity contribution in [2.75, 3.05) is 7.11 Å². The van der Waals surface area contributed by atoms with E-state index in [0.29, 0.717) is 18.6 Å². The molecule has 16 heavy (non-hydrogen) atoms. The lowest BCUT2D eigenvalue weighted by atomic mass is 10.0. The molecule has 1 unspecified atom stereocenters. The summed E-state index contributed by atoms with van der Waals surface area (Å²) in [5.74, 6) is 0.327. The topological polar surface area (TPSA) is 26.3 Å². The second kappa shape index (κ2) is 7.18. The van der Waals surface area contributed by atoms with Gasteiger partial charge in [0, 0.05) is 20.0 Å². The van der Waals surface area contributed by atoms with Gasteiger partial charge in [-0.25, -0.2) is 0 Å². The maximum absolute atomic E-state index is 11.6. The molecular formula is C14H20O2. The molecule has 1 aromatic carbocycles. The Bertz CT molecular complexity index is 306. The molecule has 2 nitrogen and oxygen atoms in total. The second-order valence-corrected chi connectivity index (χ2v) is 4.11. The van der Waals surface area contributed by atoms with Crippen LogP contribution in [0.15, 0.2) is 30.3 Å². The van der Waals surface area contributed by atoms with E-state index in [0.717, 1.165) is 12.8 Å². The molecule has 0 fully saturated rings. The lowest BCUT2D eigenvalue weighted by molar-refractivity contribution is -0.119. The third-order valence-electron chi connectivity index (χ3n) is 2.77. The van der Waals surface area contributed by atoms with Gasteiger partial charge in [-0.1, -0.05) is 30.3 Å². The van der Waals surface area contributed by atoms with E-state index >= 15 is 0 Å². The molecule has 0 radical (unpaired) electrons. The molecule has 0 aliphatic rings. The number of carbonyl (C=O) groups is 1. The molecule has 0 heterocycles. The summed E-state index contributed by atoms with van der Waals surface area (Å²) in [5, 5.41) is 0. The minimum absolute atomic E-state index is 0.181. The zero-order chi connectivity index (χ0) is 11.8. The Labute approximate surface area is 97.6 Å². The molecule has 1 aromatic rings. The van der Waals surface area contributed by atoms with Crippen LogP contribution in [-0.2, 0) is 16.0 Å². The molecule has 0 spiro atoms. The predicted molar refractivity (Wildman–Crippen MR) is 65.5 cm³/mol. The Morgan fingerprint density at radius 3 is 2.56 bits per heavy atom. The highest BCUT2D eigenvalue weighted by atomic mass is 16.5. The average molecular weight is 220 g/mol. The van der Waals surface area contributed by atoms with Crippen molar-refractivity contribution in [3.63, 3.8) is 0 Å². The van der Waals surface area contributed by atoms with Crippen LogP contribution < -0.4 is 0 Å². The first-order chi connectivity index (χ1) is 7.72. The first-order valence-corrected chi connectivity index (χ1v) is 5.81. The van der Waals surface area contributed by atoms with E-state index in [1.165, 1.54) is 5.56 Å². The number of ether oxygens (including phenoxy) is 1. The number of rotatable bonds is 7. The molecule has 0 saturated heterocycles. The van der Waals surface area contributed by atoms with E-state index < -0.39 is 0 Å². The molecule has 1 rings (SSSR count). The molecule has 0 amide bonds. The largest absolute Gasteiger partial charge is 0.382 e. The third kappa shape index (κ3) is 5.08. The van der Waals surface area contributed by atoms with Gasteiger partial charge in [-0.05, 0) is 25.3 Å². The highest BCUT2D eigenvalue weighted by Gasteiger charge is 2.06. The number of Topliss-reactive ketones (excluding diaryl/α,β-unsaturated/α-hetero) is 1. The van der Waals surface area contributed by atoms with Gasteiger partial charge in [-0.2, -0.15) is 0 Å². The zero-order valence-electron chi connectivity index (χ0n) is 10.1. The van der Waals surface area contributed by atoms with E-state index in [1.807, 2.05) is 25.1 Å². The molecule has 0 aliphatic carbocycles. The van der Waals surface area contributed by atoms with Gasteiger partial charge >= 0.3 is 0 Å². The van der Waals surface area contributed by atoms with E-state index in [9.17, 15) is 4.79 Å². The SMILES string of the molecule is COC(C)CCC(=O)CCc1ccccc1. The summed E-state index contributed by atoms with van der Waals surface area (Å²) in [5.41, 5.74) is 1.23. The summed E-state index contributed by atoms with van der Waals surface area (Å²) >= 11 is 0. The third-order valence-corrected chi connectivity index (χ3v) is 2.77. The zero-order valence-corrected chi connectivity index (χ0v) is 10.1. The van der Waals surface area contributed by atoms with Crippen molar-refractivity contribution in [2.24, 2.45) is 0 Å². The van der Waals surface area contributed by atoms with Crippen LogP contribution in [-0.4, -0.2) is 19.0 Å². The molecule has 0 aromatic heterocycles. The maximum atomic E-state index is 11.6. The number of hydrogen-bond acceptors (Lipinski definition) is 2. The van der Waals surface area contributed by atoms with E-state index in [-0.39, 0.29) is 6.10 Å². The predicted octanol–water partition coefficient (Wildman–Crippen LogP) is 3.00. The van der Waals surface area contributed by atoms with Crippen LogP contribution in [0.1, 0.15) is 31.7 Å². The lowest BCUT2D eigenvalue weighted by Crippen LogP contribution is -2.08. The van der Waals surface area contributed by atoms with Gasteiger partial charge in [-0.3, -0.25) is 4.79 Å². The summed E-state index contributed by atoms with van der Waals surface area (Å²) in [7, 11) is 1.68. The summed E-state index contributed by atoms with van der Waals surface area (Å²) in [6.45, 7) is 1.99. The number of aryl methyl sites for hydroxylation is 1. The van der Waals surface area contributed by atoms with Gasteiger partial charge < -0.3 is 4.74 Å². The van der Waals surface area contributed by atoms with Crippen LogP contribution in [0.4, 0.5) is 0 Å². The fraction of sp³-hybridized carbons (Fsp3) is 0.500. The number of ketones is 1. The monoisotopic (exact) mass is 220 g/mol. The Morgan fingerprint density at radius 1 is 1.25 bits per heavy atom. The quantitative estimate of drug-likeness (QED) is 0.706. The first kappa shape index (κ1) is 12.9. The van der Waals surface area contributed by atoms with Gasteiger partial charge in [0.15, 0.2) is 0 Å². The van der Waals surface area contributed by atoms with Crippen molar-refractivity contribution in [2.45, 2.75) is 38.7 Å². The van der Waals surface area contributed by atoms with E-state index in [1.54, 1.807) is 7.11 Å². The Hall–Kier alpha value is -1.15. The van der Waals surface area contributed by atoms with Crippen LogP contribution in [0, 0.1) is 0 Å². The lowest BCUT2D eigenvalue weighted by Gasteiger charge is -2.07. The minimum Gasteiger partial charge on any atom is -0.382 e. The van der Waals surface area contributed by atoms with Gasteiger partial charge in [0.25, 0.3) is 0 Å². The molecule has 0 N–H and O–H groups in total. The summed E-state index contributed by atoms with van der Waals surface area (Å²) in [6.07, 6.45) is 3.12. The molecule has 0 bridgehead atoms. The Balaban J connectivity index is 2.20. The van der Waals surface area contributed by atoms with Gasteiger partial charge in [0.2, 0.25) is 0 Å². The molecule has 2 heteroatoms. The summed E-state index contributed by atoms with van der Waals surface area (Å²) < 4.78 is 5.11. The standard InChI is InChI=1S/C14H20O2/c1-12(16-2)8-10-14(15)11-9-13-6-4-3-5-7-13/h3-7,12H,8-11H2,1-2H3. The first-order valence-electron chi connectivity index (χ1n) is 5.81. The molecule has 0 aliphatic heterocycles. The number of hydrogen-bond donors (Lipinski definition) is 0. The van der Waals surface area contributed by atoms with Crippen LogP contribution in [0.2, 0.25) is 0 Å². The van der Waals surface area contributed by atoms with Gasteiger partial charge in [0.05, 0.1) is 6.10 Å². The normalized spacial score (nSPS) is 12.4. The van der Waals surface area contributed by atoms with E-state index in [2.05, 4.69) is 12.1 Å². The van der Waals surface area contributed by atoms with E-state index in [4.69, 9.17) is 4.74 Å². The van der Waals surface area contributed by atoms with Crippen molar-refractivity contribution in [3.8, 4) is 0 Å². The maximum Gasteiger partial charge on any atom is 0.133 e. The van der Waals surface area contributed by atoms with Crippen molar-refractivity contribution in [1.29, 1.82) is 0 Å². The van der Waals surface area contributed by atoms with Crippen molar-refractivity contribution >= 4 is 5.78 Å². The number of carbonyl (C=O) groups excluding carboxylic acids is 1. The highest BCUT2D eigenvalue weighted by molar-refractivity contribution is 5.78. The molecule has 1 atom stereocenters. The van der Waals surface area contributed by atoms with Crippen LogP contribution in [0.5, 0.6) is 0 Å². The molecule has 88 valence electrons. The van der Waals surface area contributed by atoms with Crippen LogP contribution >= 0.6 is 0 Å². The summed E-state index contributed by atoms with van der Waals surface area (Å²) in [4.78, 5) is 11.6. The molecule has 0 saturated carbocycles. The second-order valence-electron chi connectivity index (χ2n) is 4.11. The van der Waals surface area contributed by atoms with Crippen LogP contribution in [0.25, 0.3) is 0 Å². The van der Waals surface area contributed by atoms with Crippen molar-refractivity contribution < 1.29 is 9.53 Å². The average Bonchev–Trinajstić information content (AvgIpc) is 2.34. The Morgan fingerprint density at radius 2 is 1.94 bits per heavy atom. The molecular weight excluding hydrogens is 200 g/mol. The fourth-order valence-electron chi connectivity index (χ4n) is 1.54. The van der Waals surface area contributed by atoms with Crippen molar-refractivity contribution in [1.82, 2.24) is 0 Å². The van der Waals surface area contributed by atoms with Gasteiger partial charge in [0.1, 0.15) is 5.78 Å². The summed E-state index contributed by atoms with van der Waals surface area (Å²) in [6, 6.07) is 10.1.